The van der Waals surface area contributed by atoms with Gasteiger partial charge in [0.05, 0.1) is 11.4 Å². The highest BCUT2D eigenvalue weighted by Crippen LogP contribution is 2.39. The first kappa shape index (κ1) is 22.3. The number of nitrogens with one attached hydrogen (secondary N) is 1. The molecule has 3 heterocycles. The molecule has 1 aliphatic heterocycles. The SMILES string of the molecule is Cc1cc(Nc2c(C(=O)N3CCC[C@H]3CN)sc3c2ccc(=O)n3-c2ccccc2)ccc1F. The van der Waals surface area contributed by atoms with Crippen LogP contribution in [0.3, 0.4) is 0 Å². The Bertz CT molecular complexity index is 1430. The lowest BCUT2D eigenvalue weighted by Crippen LogP contribution is -2.39. The van der Waals surface area contributed by atoms with E-state index >= 15 is 0 Å². The Morgan fingerprint density at radius 1 is 1.18 bits per heavy atom. The van der Waals surface area contributed by atoms with Gasteiger partial charge in [0.15, 0.2) is 0 Å². The van der Waals surface area contributed by atoms with Gasteiger partial charge in [0.25, 0.3) is 11.5 Å². The molecule has 8 heteroatoms. The Balaban J connectivity index is 1.71. The number of fused-ring (bicyclic) bond motifs is 1. The number of thiophene rings is 1. The van der Waals surface area contributed by atoms with Gasteiger partial charge >= 0.3 is 0 Å². The summed E-state index contributed by atoms with van der Waals surface area (Å²) in [6.45, 7) is 2.75. The quantitative estimate of drug-likeness (QED) is 0.433. The zero-order valence-corrected chi connectivity index (χ0v) is 19.6. The van der Waals surface area contributed by atoms with Crippen LogP contribution in [0.15, 0.2) is 65.5 Å². The maximum Gasteiger partial charge on any atom is 0.266 e. The van der Waals surface area contributed by atoms with E-state index in [-0.39, 0.29) is 23.3 Å². The van der Waals surface area contributed by atoms with Crippen molar-refractivity contribution < 1.29 is 9.18 Å². The van der Waals surface area contributed by atoms with Crippen molar-refractivity contribution in [2.24, 2.45) is 5.73 Å². The molecule has 0 aliphatic carbocycles. The number of pyridine rings is 1. The molecule has 1 saturated heterocycles. The molecule has 34 heavy (non-hydrogen) atoms. The largest absolute Gasteiger partial charge is 0.354 e. The number of aryl methyl sites for hydroxylation is 1. The van der Waals surface area contributed by atoms with Gasteiger partial charge in [0.1, 0.15) is 15.5 Å². The number of nitrogens with zero attached hydrogens (tertiary/aromatic N) is 2. The Hall–Kier alpha value is -3.49. The van der Waals surface area contributed by atoms with Crippen LogP contribution in [0.25, 0.3) is 15.9 Å². The predicted molar refractivity (Wildman–Crippen MR) is 135 cm³/mol. The second kappa shape index (κ2) is 9.04. The van der Waals surface area contributed by atoms with Crippen molar-refractivity contribution in [3.8, 4) is 5.69 Å². The number of hydrogen-bond acceptors (Lipinski definition) is 5. The van der Waals surface area contributed by atoms with E-state index in [1.165, 1.54) is 23.5 Å². The molecular formula is C26H25FN4O2S. The van der Waals surface area contributed by atoms with Crippen LogP contribution in [-0.4, -0.2) is 34.5 Å². The standard InChI is InChI=1S/C26H25FN4O2S/c1-16-14-17(9-11-21(16)27)29-23-20-10-12-22(32)31(18-6-3-2-4-7-18)26(20)34-24(23)25(33)30-13-5-8-19(30)15-28/h2-4,6-7,9-12,14,19,29H,5,8,13,15,28H2,1H3/t19-/m0/s1. The molecule has 1 amide bonds. The van der Waals surface area contributed by atoms with Gasteiger partial charge < -0.3 is 16.0 Å². The molecule has 1 fully saturated rings. The van der Waals surface area contributed by atoms with Crippen LogP contribution in [-0.2, 0) is 0 Å². The lowest BCUT2D eigenvalue weighted by atomic mass is 10.1. The lowest BCUT2D eigenvalue weighted by Gasteiger charge is -2.23. The minimum atomic E-state index is -0.294. The number of benzene rings is 2. The molecule has 0 saturated carbocycles. The molecule has 2 aromatic carbocycles. The minimum absolute atomic E-state index is 0.00468. The number of carbonyl (C=O) groups is 1. The second-order valence-electron chi connectivity index (χ2n) is 8.49. The van der Waals surface area contributed by atoms with Gasteiger partial charge in [-0.15, -0.1) is 11.3 Å². The van der Waals surface area contributed by atoms with Crippen molar-refractivity contribution in [3.05, 3.63) is 87.3 Å². The van der Waals surface area contributed by atoms with Crippen molar-refractivity contribution in [1.29, 1.82) is 0 Å². The number of hydrogen-bond donors (Lipinski definition) is 2. The third-order valence-electron chi connectivity index (χ3n) is 6.29. The highest BCUT2D eigenvalue weighted by Gasteiger charge is 2.32. The van der Waals surface area contributed by atoms with Crippen LogP contribution in [0.5, 0.6) is 0 Å². The van der Waals surface area contributed by atoms with Gasteiger partial charge in [-0.2, -0.15) is 0 Å². The summed E-state index contributed by atoms with van der Waals surface area (Å²) in [6.07, 6.45) is 1.79. The average Bonchev–Trinajstić information content (AvgIpc) is 3.46. The number of rotatable bonds is 5. The van der Waals surface area contributed by atoms with Crippen LogP contribution >= 0.6 is 11.3 Å². The van der Waals surface area contributed by atoms with E-state index in [0.29, 0.717) is 39.7 Å². The van der Waals surface area contributed by atoms with E-state index in [2.05, 4.69) is 5.32 Å². The van der Waals surface area contributed by atoms with Crippen LogP contribution < -0.4 is 16.6 Å². The van der Waals surface area contributed by atoms with E-state index in [1.54, 1.807) is 29.7 Å². The van der Waals surface area contributed by atoms with Gasteiger partial charge in [-0.1, -0.05) is 18.2 Å². The molecule has 3 N–H and O–H groups in total. The highest BCUT2D eigenvalue weighted by atomic mass is 32.1. The Labute approximate surface area is 200 Å². The number of anilines is 2. The summed E-state index contributed by atoms with van der Waals surface area (Å²) in [7, 11) is 0. The van der Waals surface area contributed by atoms with E-state index in [9.17, 15) is 14.0 Å². The number of para-hydroxylation sites is 1. The minimum Gasteiger partial charge on any atom is -0.354 e. The first-order chi connectivity index (χ1) is 16.5. The zero-order valence-electron chi connectivity index (χ0n) is 18.8. The van der Waals surface area contributed by atoms with E-state index < -0.39 is 0 Å². The van der Waals surface area contributed by atoms with Gasteiger partial charge in [-0.05, 0) is 61.7 Å². The third kappa shape index (κ3) is 3.89. The topological polar surface area (TPSA) is 80.4 Å². The number of halogens is 1. The molecule has 4 aromatic rings. The third-order valence-corrected chi connectivity index (χ3v) is 7.47. The van der Waals surface area contributed by atoms with Crippen LogP contribution in [0.2, 0.25) is 0 Å². The summed E-state index contributed by atoms with van der Waals surface area (Å²) >= 11 is 1.29. The summed E-state index contributed by atoms with van der Waals surface area (Å²) in [5.41, 5.74) is 8.27. The van der Waals surface area contributed by atoms with Crippen molar-refractivity contribution in [3.63, 3.8) is 0 Å². The Kier molecular flexibility index (Phi) is 5.93. The summed E-state index contributed by atoms with van der Waals surface area (Å²) in [5, 5.41) is 4.10. The maximum absolute atomic E-state index is 13.9. The predicted octanol–water partition coefficient (Wildman–Crippen LogP) is 4.81. The van der Waals surface area contributed by atoms with Crippen molar-refractivity contribution in [2.45, 2.75) is 25.8 Å². The fourth-order valence-electron chi connectivity index (χ4n) is 4.52. The van der Waals surface area contributed by atoms with Crippen LogP contribution in [0.4, 0.5) is 15.8 Å². The molecule has 0 spiro atoms. The maximum atomic E-state index is 13.9. The molecule has 6 nitrogen and oxygen atoms in total. The van der Waals surface area contributed by atoms with Crippen LogP contribution in [0.1, 0.15) is 28.1 Å². The Morgan fingerprint density at radius 2 is 1.97 bits per heavy atom. The highest BCUT2D eigenvalue weighted by molar-refractivity contribution is 7.21. The summed E-state index contributed by atoms with van der Waals surface area (Å²) < 4.78 is 15.5. The molecule has 0 radical (unpaired) electrons. The molecule has 1 aliphatic rings. The monoisotopic (exact) mass is 476 g/mol. The molecule has 0 unspecified atom stereocenters. The van der Waals surface area contributed by atoms with E-state index in [0.717, 1.165) is 23.9 Å². The average molecular weight is 477 g/mol. The van der Waals surface area contributed by atoms with Gasteiger partial charge in [-0.3, -0.25) is 14.2 Å². The first-order valence-electron chi connectivity index (χ1n) is 11.3. The number of likely N-dealkylation sites (tertiary alicyclic amines) is 1. The first-order valence-corrected chi connectivity index (χ1v) is 12.1. The van der Waals surface area contributed by atoms with Gasteiger partial charge in [0.2, 0.25) is 0 Å². The number of carbonyl (C=O) groups excluding carboxylic acids is 1. The fourth-order valence-corrected chi connectivity index (χ4v) is 5.75. The molecule has 0 bridgehead atoms. The summed E-state index contributed by atoms with van der Waals surface area (Å²) in [4.78, 5) is 29.7. The number of aromatic nitrogens is 1. The smallest absolute Gasteiger partial charge is 0.266 e. The molecule has 5 rings (SSSR count). The molecule has 2 aromatic heterocycles. The number of nitrogens with two attached hydrogens (primary N) is 1. The normalized spacial score (nSPS) is 15.7. The molecular weight excluding hydrogens is 451 g/mol. The summed E-state index contributed by atoms with van der Waals surface area (Å²) in [6, 6.07) is 17.4. The van der Waals surface area contributed by atoms with Crippen LogP contribution in [0, 0.1) is 12.7 Å². The summed E-state index contributed by atoms with van der Waals surface area (Å²) in [5.74, 6) is -0.402. The van der Waals surface area contributed by atoms with Crippen molar-refractivity contribution >= 4 is 38.8 Å². The molecule has 174 valence electrons. The lowest BCUT2D eigenvalue weighted by molar-refractivity contribution is 0.0747. The molecule has 1 atom stereocenters. The van der Waals surface area contributed by atoms with Gasteiger partial charge in [-0.25, -0.2) is 4.39 Å². The van der Waals surface area contributed by atoms with Crippen molar-refractivity contribution in [2.75, 3.05) is 18.4 Å². The van der Waals surface area contributed by atoms with E-state index in [1.807, 2.05) is 35.2 Å². The van der Waals surface area contributed by atoms with E-state index in [4.69, 9.17) is 5.73 Å². The zero-order chi connectivity index (χ0) is 23.8. The number of amides is 1. The van der Waals surface area contributed by atoms with Gasteiger partial charge in [0, 0.05) is 36.3 Å². The second-order valence-corrected chi connectivity index (χ2v) is 9.49. The Morgan fingerprint density at radius 3 is 2.71 bits per heavy atom. The fraction of sp³-hybridized carbons (Fsp3) is 0.231. The van der Waals surface area contributed by atoms with Crippen molar-refractivity contribution in [1.82, 2.24) is 9.47 Å².